The lowest BCUT2D eigenvalue weighted by Crippen LogP contribution is -2.38. The summed E-state index contributed by atoms with van der Waals surface area (Å²) < 4.78 is 5.02. The highest BCUT2D eigenvalue weighted by Gasteiger charge is 2.22. The van der Waals surface area contributed by atoms with Crippen LogP contribution in [0.4, 0.5) is 11.4 Å². The Morgan fingerprint density at radius 2 is 2.00 bits per heavy atom. The second kappa shape index (κ2) is 8.27. The van der Waals surface area contributed by atoms with Crippen molar-refractivity contribution in [3.8, 4) is 0 Å². The standard InChI is InChI=1S/C20H18N2O5/c23-19(21-12-4-7-16-6-1-2-9-18(16)21)14-27-20(24)11-10-15-5-3-8-17(13-15)22(25)26/h1-3,5-6,8-11,13H,4,7,12,14H2. The molecule has 1 heterocycles. The van der Waals surface area contributed by atoms with Crippen molar-refractivity contribution >= 4 is 29.3 Å². The summed E-state index contributed by atoms with van der Waals surface area (Å²) in [6, 6.07) is 13.6. The Morgan fingerprint density at radius 1 is 1.19 bits per heavy atom. The zero-order valence-corrected chi connectivity index (χ0v) is 14.5. The summed E-state index contributed by atoms with van der Waals surface area (Å²) in [6.07, 6.45) is 4.35. The molecule has 7 nitrogen and oxygen atoms in total. The van der Waals surface area contributed by atoms with Gasteiger partial charge in [0, 0.05) is 30.4 Å². The van der Waals surface area contributed by atoms with E-state index < -0.39 is 10.9 Å². The first-order chi connectivity index (χ1) is 13.0. The number of aryl methyl sites for hydroxylation is 1. The van der Waals surface area contributed by atoms with Crippen LogP contribution in [-0.4, -0.2) is 30.0 Å². The molecule has 0 aromatic heterocycles. The number of nitrogens with zero attached hydrogens (tertiary/aromatic N) is 2. The van der Waals surface area contributed by atoms with Crippen molar-refractivity contribution < 1.29 is 19.2 Å². The lowest BCUT2D eigenvalue weighted by Gasteiger charge is -2.29. The maximum atomic E-state index is 12.4. The molecule has 2 aromatic rings. The smallest absolute Gasteiger partial charge is 0.331 e. The van der Waals surface area contributed by atoms with Crippen LogP contribution in [0.2, 0.25) is 0 Å². The fourth-order valence-electron chi connectivity index (χ4n) is 2.96. The van der Waals surface area contributed by atoms with Gasteiger partial charge in [-0.2, -0.15) is 0 Å². The molecule has 0 fully saturated rings. The minimum Gasteiger partial charge on any atom is -0.452 e. The molecule has 0 aliphatic carbocycles. The van der Waals surface area contributed by atoms with Gasteiger partial charge in [-0.25, -0.2) is 4.79 Å². The first kappa shape index (κ1) is 18.3. The van der Waals surface area contributed by atoms with Crippen molar-refractivity contribution in [2.24, 2.45) is 0 Å². The summed E-state index contributed by atoms with van der Waals surface area (Å²) >= 11 is 0. The molecule has 0 atom stereocenters. The van der Waals surface area contributed by atoms with Crippen molar-refractivity contribution in [1.82, 2.24) is 0 Å². The van der Waals surface area contributed by atoms with Crippen molar-refractivity contribution in [1.29, 1.82) is 0 Å². The summed E-state index contributed by atoms with van der Waals surface area (Å²) in [6.45, 7) is 0.239. The van der Waals surface area contributed by atoms with Crippen molar-refractivity contribution in [3.05, 3.63) is 75.8 Å². The zero-order chi connectivity index (χ0) is 19.2. The van der Waals surface area contributed by atoms with E-state index in [0.717, 1.165) is 30.2 Å². The first-order valence-corrected chi connectivity index (χ1v) is 8.52. The van der Waals surface area contributed by atoms with E-state index in [4.69, 9.17) is 4.74 Å². The van der Waals surface area contributed by atoms with E-state index >= 15 is 0 Å². The normalized spacial score (nSPS) is 13.3. The number of amides is 1. The number of hydrogen-bond donors (Lipinski definition) is 0. The third kappa shape index (κ3) is 4.58. The second-order valence-electron chi connectivity index (χ2n) is 6.07. The van der Waals surface area contributed by atoms with Crippen molar-refractivity contribution in [2.45, 2.75) is 12.8 Å². The number of para-hydroxylation sites is 1. The van der Waals surface area contributed by atoms with Gasteiger partial charge in [-0.05, 0) is 36.1 Å². The Hall–Kier alpha value is -3.48. The summed E-state index contributed by atoms with van der Waals surface area (Å²) in [5, 5.41) is 10.8. The number of esters is 1. The van der Waals surface area contributed by atoms with Gasteiger partial charge in [0.2, 0.25) is 0 Å². The molecule has 7 heteroatoms. The number of ether oxygens (including phenoxy) is 1. The van der Waals surface area contributed by atoms with E-state index in [-0.39, 0.29) is 18.2 Å². The predicted molar refractivity (Wildman–Crippen MR) is 100 cm³/mol. The van der Waals surface area contributed by atoms with Crippen LogP contribution in [0.25, 0.3) is 6.08 Å². The Kier molecular flexibility index (Phi) is 5.61. The van der Waals surface area contributed by atoms with Crippen LogP contribution < -0.4 is 4.90 Å². The average molecular weight is 366 g/mol. The summed E-state index contributed by atoms with van der Waals surface area (Å²) in [5.74, 6) is -0.959. The van der Waals surface area contributed by atoms with Gasteiger partial charge in [-0.3, -0.25) is 14.9 Å². The van der Waals surface area contributed by atoms with Gasteiger partial charge in [0.15, 0.2) is 6.61 Å². The number of non-ortho nitro benzene ring substituents is 1. The minimum atomic E-state index is -0.680. The average Bonchev–Trinajstić information content (AvgIpc) is 2.70. The molecular formula is C20H18N2O5. The number of hydrogen-bond acceptors (Lipinski definition) is 5. The highest BCUT2D eigenvalue weighted by molar-refractivity contribution is 5.97. The van der Waals surface area contributed by atoms with Crippen LogP contribution in [0.15, 0.2) is 54.6 Å². The molecule has 3 rings (SSSR count). The number of anilines is 1. The molecule has 0 bridgehead atoms. The minimum absolute atomic E-state index is 0.0653. The third-order valence-electron chi connectivity index (χ3n) is 4.24. The molecule has 0 radical (unpaired) electrons. The zero-order valence-electron chi connectivity index (χ0n) is 14.5. The maximum Gasteiger partial charge on any atom is 0.331 e. The van der Waals surface area contributed by atoms with Gasteiger partial charge in [0.25, 0.3) is 11.6 Å². The molecule has 2 aromatic carbocycles. The first-order valence-electron chi connectivity index (χ1n) is 8.52. The molecule has 1 aliphatic heterocycles. The van der Waals surface area contributed by atoms with Crippen molar-refractivity contribution in [2.75, 3.05) is 18.1 Å². The predicted octanol–water partition coefficient (Wildman–Crippen LogP) is 3.13. The Labute approximate surface area is 156 Å². The molecule has 0 saturated carbocycles. The van der Waals surface area contributed by atoms with E-state index in [1.165, 1.54) is 24.3 Å². The van der Waals surface area contributed by atoms with Gasteiger partial charge in [-0.1, -0.05) is 30.3 Å². The third-order valence-corrected chi connectivity index (χ3v) is 4.24. The van der Waals surface area contributed by atoms with Gasteiger partial charge in [-0.15, -0.1) is 0 Å². The van der Waals surface area contributed by atoms with Gasteiger partial charge in [0.1, 0.15) is 0 Å². The van der Waals surface area contributed by atoms with E-state index in [1.54, 1.807) is 11.0 Å². The van der Waals surface area contributed by atoms with Gasteiger partial charge >= 0.3 is 5.97 Å². The van der Waals surface area contributed by atoms with E-state index in [2.05, 4.69) is 0 Å². The van der Waals surface area contributed by atoms with Crippen LogP contribution in [0.1, 0.15) is 17.5 Å². The fraction of sp³-hybridized carbons (Fsp3) is 0.200. The van der Waals surface area contributed by atoms with E-state index in [9.17, 15) is 19.7 Å². The van der Waals surface area contributed by atoms with Crippen LogP contribution in [0.3, 0.4) is 0 Å². The van der Waals surface area contributed by atoms with Crippen LogP contribution in [-0.2, 0) is 20.7 Å². The van der Waals surface area contributed by atoms with Crippen LogP contribution >= 0.6 is 0 Å². The van der Waals surface area contributed by atoms with E-state index in [1.807, 2.05) is 24.3 Å². The van der Waals surface area contributed by atoms with Gasteiger partial charge in [0.05, 0.1) is 4.92 Å². The molecule has 138 valence electrons. The lowest BCUT2D eigenvalue weighted by atomic mass is 10.0. The van der Waals surface area contributed by atoms with Crippen LogP contribution in [0.5, 0.6) is 0 Å². The van der Waals surface area contributed by atoms with Crippen molar-refractivity contribution in [3.63, 3.8) is 0 Å². The molecule has 0 saturated heterocycles. The molecular weight excluding hydrogens is 348 g/mol. The molecule has 0 spiro atoms. The number of carbonyl (C=O) groups excluding carboxylic acids is 2. The highest BCUT2D eigenvalue weighted by atomic mass is 16.6. The fourth-order valence-corrected chi connectivity index (χ4v) is 2.96. The Balaban J connectivity index is 1.57. The lowest BCUT2D eigenvalue weighted by molar-refractivity contribution is -0.384. The van der Waals surface area contributed by atoms with E-state index in [0.29, 0.717) is 12.1 Å². The summed E-state index contributed by atoms with van der Waals surface area (Å²) in [7, 11) is 0. The second-order valence-corrected chi connectivity index (χ2v) is 6.07. The van der Waals surface area contributed by atoms with Gasteiger partial charge < -0.3 is 9.64 Å². The summed E-state index contributed by atoms with van der Waals surface area (Å²) in [4.78, 5) is 36.1. The molecule has 1 amide bonds. The number of carbonyl (C=O) groups is 2. The number of benzene rings is 2. The SMILES string of the molecule is O=C(C=Cc1cccc([N+](=O)[O-])c1)OCC(=O)N1CCCc2ccccc21. The summed E-state index contributed by atoms with van der Waals surface area (Å²) in [5.41, 5.74) is 2.40. The Bertz CT molecular complexity index is 907. The highest BCUT2D eigenvalue weighted by Crippen LogP contribution is 2.26. The number of fused-ring (bicyclic) bond motifs is 1. The quantitative estimate of drug-likeness (QED) is 0.351. The Morgan fingerprint density at radius 3 is 2.81 bits per heavy atom. The topological polar surface area (TPSA) is 89.7 Å². The molecule has 0 N–H and O–H groups in total. The maximum absolute atomic E-state index is 12.4. The molecule has 0 unspecified atom stereocenters. The monoisotopic (exact) mass is 366 g/mol. The number of nitro benzene ring substituents is 1. The van der Waals surface area contributed by atoms with Crippen LogP contribution in [0, 0.1) is 10.1 Å². The largest absolute Gasteiger partial charge is 0.452 e. The molecule has 1 aliphatic rings. The number of nitro groups is 1. The molecule has 27 heavy (non-hydrogen) atoms. The number of rotatable bonds is 5.